The zero-order valence-corrected chi connectivity index (χ0v) is 8.13. The van der Waals surface area contributed by atoms with Gasteiger partial charge in [0.2, 0.25) is 0 Å². The molecular formula is C8H10FNO3S. The first-order valence-corrected chi connectivity index (χ1v) is 5.33. The maximum atomic E-state index is 11.9. The van der Waals surface area contributed by atoms with Crippen LogP contribution in [0.5, 0.6) is 5.75 Å². The second-order valence-electron chi connectivity index (χ2n) is 2.49. The molecule has 1 N–H and O–H groups in total. The summed E-state index contributed by atoms with van der Waals surface area (Å²) < 4.78 is 38.7. The molecule has 0 fully saturated rings. The molecular weight excluding hydrogens is 209 g/mol. The lowest BCUT2D eigenvalue weighted by Crippen LogP contribution is -2.24. The molecule has 1 rings (SSSR count). The highest BCUT2D eigenvalue weighted by Crippen LogP contribution is 2.07. The van der Waals surface area contributed by atoms with Crippen LogP contribution in [-0.2, 0) is 10.4 Å². The second-order valence-corrected chi connectivity index (χ2v) is 3.66. The number of halogens is 1. The van der Waals surface area contributed by atoms with Gasteiger partial charge in [-0.2, -0.15) is 13.1 Å². The van der Waals surface area contributed by atoms with E-state index in [0.29, 0.717) is 5.75 Å². The van der Waals surface area contributed by atoms with Gasteiger partial charge in [0.1, 0.15) is 12.4 Å². The Bertz CT molecular complexity index is 365. The second kappa shape index (κ2) is 4.92. The van der Waals surface area contributed by atoms with Crippen LogP contribution in [0.4, 0.5) is 3.89 Å². The van der Waals surface area contributed by atoms with Gasteiger partial charge in [-0.25, -0.2) is 0 Å². The van der Waals surface area contributed by atoms with Crippen LogP contribution in [0.2, 0.25) is 0 Å². The number of benzene rings is 1. The van der Waals surface area contributed by atoms with E-state index in [-0.39, 0.29) is 13.2 Å². The molecule has 0 unspecified atom stereocenters. The van der Waals surface area contributed by atoms with Crippen molar-refractivity contribution >= 4 is 10.4 Å². The molecule has 0 aliphatic rings. The van der Waals surface area contributed by atoms with Crippen molar-refractivity contribution in [2.45, 2.75) is 0 Å². The van der Waals surface area contributed by atoms with Gasteiger partial charge >= 0.3 is 10.4 Å². The fourth-order valence-corrected chi connectivity index (χ4v) is 1.18. The van der Waals surface area contributed by atoms with Crippen LogP contribution in [0.1, 0.15) is 0 Å². The lowest BCUT2D eigenvalue weighted by atomic mass is 10.3. The van der Waals surface area contributed by atoms with Gasteiger partial charge in [-0.15, -0.1) is 0 Å². The van der Waals surface area contributed by atoms with E-state index in [0.717, 1.165) is 0 Å². The Balaban J connectivity index is 2.23. The van der Waals surface area contributed by atoms with Gasteiger partial charge in [-0.05, 0) is 12.1 Å². The Hall–Kier alpha value is -1.14. The van der Waals surface area contributed by atoms with Crippen molar-refractivity contribution in [3.63, 3.8) is 0 Å². The highest BCUT2D eigenvalue weighted by atomic mass is 32.3. The molecule has 0 radical (unpaired) electrons. The first kappa shape index (κ1) is 10.9. The molecule has 0 amide bonds. The molecule has 1 aromatic rings. The number of ether oxygens (including phenoxy) is 1. The van der Waals surface area contributed by atoms with Crippen LogP contribution in [-0.4, -0.2) is 21.6 Å². The van der Waals surface area contributed by atoms with Crippen LogP contribution in [0, 0.1) is 0 Å². The lowest BCUT2D eigenvalue weighted by molar-refractivity contribution is 0.322. The first-order valence-electron chi connectivity index (χ1n) is 3.95. The minimum absolute atomic E-state index is 0.0896. The van der Waals surface area contributed by atoms with Crippen molar-refractivity contribution in [1.82, 2.24) is 4.72 Å². The Morgan fingerprint density at radius 2 is 1.93 bits per heavy atom. The number of hydrogen-bond acceptors (Lipinski definition) is 3. The van der Waals surface area contributed by atoms with Crippen molar-refractivity contribution in [3.8, 4) is 5.75 Å². The summed E-state index contributed by atoms with van der Waals surface area (Å²) in [6, 6.07) is 8.86. The molecule has 0 heterocycles. The summed E-state index contributed by atoms with van der Waals surface area (Å²) in [6.45, 7) is 0.000884. The van der Waals surface area contributed by atoms with Crippen molar-refractivity contribution in [1.29, 1.82) is 0 Å². The molecule has 78 valence electrons. The summed E-state index contributed by atoms with van der Waals surface area (Å²) in [7, 11) is -4.61. The molecule has 0 spiro atoms. The standard InChI is InChI=1S/C8H10FNO3S/c9-14(11,12)10-6-7-13-8-4-2-1-3-5-8/h1-5,10H,6-7H2. The van der Waals surface area contributed by atoms with Crippen molar-refractivity contribution in [3.05, 3.63) is 30.3 Å². The predicted molar refractivity (Wildman–Crippen MR) is 50.0 cm³/mol. The lowest BCUT2D eigenvalue weighted by Gasteiger charge is -2.04. The average Bonchev–Trinajstić information content (AvgIpc) is 2.13. The molecule has 0 saturated heterocycles. The third kappa shape index (κ3) is 4.78. The maximum absolute atomic E-state index is 11.9. The van der Waals surface area contributed by atoms with Gasteiger partial charge in [-0.3, -0.25) is 0 Å². The minimum Gasteiger partial charge on any atom is -0.492 e. The first-order chi connectivity index (χ1) is 6.58. The summed E-state index contributed by atoms with van der Waals surface area (Å²) in [6.07, 6.45) is 0. The van der Waals surface area contributed by atoms with Gasteiger partial charge in [0, 0.05) is 6.54 Å². The summed E-state index contributed by atoms with van der Waals surface area (Å²) in [4.78, 5) is 0. The zero-order valence-electron chi connectivity index (χ0n) is 7.31. The largest absolute Gasteiger partial charge is 0.492 e. The average molecular weight is 219 g/mol. The predicted octanol–water partition coefficient (Wildman–Crippen LogP) is 0.869. The van der Waals surface area contributed by atoms with Gasteiger partial charge in [-0.1, -0.05) is 22.1 Å². The topological polar surface area (TPSA) is 55.4 Å². The Morgan fingerprint density at radius 1 is 1.29 bits per heavy atom. The van der Waals surface area contributed by atoms with Gasteiger partial charge in [0.05, 0.1) is 0 Å². The quantitative estimate of drug-likeness (QED) is 0.590. The number of nitrogens with one attached hydrogen (secondary N) is 1. The van der Waals surface area contributed by atoms with Crippen LogP contribution in [0.15, 0.2) is 30.3 Å². The Morgan fingerprint density at radius 3 is 2.50 bits per heavy atom. The number of hydrogen-bond donors (Lipinski definition) is 1. The van der Waals surface area contributed by atoms with Gasteiger partial charge in [0.25, 0.3) is 0 Å². The fourth-order valence-electron chi connectivity index (χ4n) is 0.849. The minimum atomic E-state index is -4.61. The summed E-state index contributed by atoms with van der Waals surface area (Å²) in [5, 5.41) is 0. The van der Waals surface area contributed by atoms with E-state index in [1.54, 1.807) is 29.0 Å². The molecule has 0 saturated carbocycles. The molecule has 14 heavy (non-hydrogen) atoms. The van der Waals surface area contributed by atoms with Crippen LogP contribution >= 0.6 is 0 Å². The summed E-state index contributed by atoms with van der Waals surface area (Å²) >= 11 is 0. The van der Waals surface area contributed by atoms with E-state index in [4.69, 9.17) is 4.74 Å². The van der Waals surface area contributed by atoms with Crippen molar-refractivity contribution in [2.75, 3.05) is 13.2 Å². The van der Waals surface area contributed by atoms with E-state index >= 15 is 0 Å². The van der Waals surface area contributed by atoms with Crippen molar-refractivity contribution in [2.24, 2.45) is 0 Å². The molecule has 4 nitrogen and oxygen atoms in total. The molecule has 0 atom stereocenters. The molecule has 0 aliphatic carbocycles. The maximum Gasteiger partial charge on any atom is 0.372 e. The van der Waals surface area contributed by atoms with E-state index in [9.17, 15) is 12.3 Å². The Kier molecular flexibility index (Phi) is 3.84. The third-order valence-corrected chi connectivity index (χ3v) is 1.94. The van der Waals surface area contributed by atoms with Crippen LogP contribution in [0.3, 0.4) is 0 Å². The van der Waals surface area contributed by atoms with Gasteiger partial charge < -0.3 is 4.74 Å². The smallest absolute Gasteiger partial charge is 0.372 e. The monoisotopic (exact) mass is 219 g/mol. The molecule has 1 aromatic carbocycles. The molecule has 6 heteroatoms. The number of para-hydroxylation sites is 1. The summed E-state index contributed by atoms with van der Waals surface area (Å²) in [5.74, 6) is 0.616. The van der Waals surface area contributed by atoms with E-state index in [2.05, 4.69) is 0 Å². The molecule has 0 bridgehead atoms. The summed E-state index contributed by atoms with van der Waals surface area (Å²) in [5.41, 5.74) is 0. The normalized spacial score (nSPS) is 11.2. The molecule has 0 aliphatic heterocycles. The van der Waals surface area contributed by atoms with E-state index < -0.39 is 10.4 Å². The van der Waals surface area contributed by atoms with Crippen LogP contribution < -0.4 is 9.46 Å². The molecule has 0 aromatic heterocycles. The van der Waals surface area contributed by atoms with E-state index in [1.807, 2.05) is 6.07 Å². The Labute approximate surface area is 82.0 Å². The zero-order chi connectivity index (χ0) is 10.4. The highest BCUT2D eigenvalue weighted by molar-refractivity contribution is 7.84. The van der Waals surface area contributed by atoms with Gasteiger partial charge in [0.15, 0.2) is 0 Å². The van der Waals surface area contributed by atoms with Crippen molar-refractivity contribution < 1.29 is 17.0 Å². The van der Waals surface area contributed by atoms with Crippen LogP contribution in [0.25, 0.3) is 0 Å². The van der Waals surface area contributed by atoms with E-state index in [1.165, 1.54) is 0 Å². The third-order valence-electron chi connectivity index (χ3n) is 1.39. The highest BCUT2D eigenvalue weighted by Gasteiger charge is 2.03. The number of rotatable bonds is 5. The SMILES string of the molecule is O=S(=O)(F)NCCOc1ccccc1. The fraction of sp³-hybridized carbons (Fsp3) is 0.250.